The molecule has 1 atom stereocenters. The Morgan fingerprint density at radius 3 is 2.75 bits per heavy atom. The van der Waals surface area contributed by atoms with Crippen LogP contribution in [0.1, 0.15) is 25.3 Å². The fourth-order valence-corrected chi connectivity index (χ4v) is 3.46. The molecule has 0 radical (unpaired) electrons. The van der Waals surface area contributed by atoms with Crippen LogP contribution in [0.15, 0.2) is 36.5 Å². The van der Waals surface area contributed by atoms with Crippen LogP contribution < -0.4 is 5.32 Å². The summed E-state index contributed by atoms with van der Waals surface area (Å²) in [5.41, 5.74) is 3.50. The summed E-state index contributed by atoms with van der Waals surface area (Å²) in [5, 5.41) is 20.4. The van der Waals surface area contributed by atoms with E-state index in [1.54, 1.807) is 0 Å². The number of hydrogen-bond acceptors (Lipinski definition) is 4. The summed E-state index contributed by atoms with van der Waals surface area (Å²) in [6.45, 7) is 6.74. The Balaban J connectivity index is 1.44. The number of aliphatic hydroxyl groups is 1. The van der Waals surface area contributed by atoms with Crippen molar-refractivity contribution in [3.63, 3.8) is 0 Å². The van der Waals surface area contributed by atoms with Crippen molar-refractivity contribution in [2.24, 2.45) is 5.92 Å². The highest BCUT2D eigenvalue weighted by atomic mass is 16.3. The van der Waals surface area contributed by atoms with Gasteiger partial charge >= 0.3 is 0 Å². The first kappa shape index (κ1) is 17.1. The Morgan fingerprint density at radius 1 is 1.29 bits per heavy atom. The molecular formula is C19H28N4O. The van der Waals surface area contributed by atoms with Crippen LogP contribution in [0.25, 0.3) is 11.3 Å². The van der Waals surface area contributed by atoms with E-state index < -0.39 is 0 Å². The second-order valence-electron chi connectivity index (χ2n) is 6.86. The largest absolute Gasteiger partial charge is 0.392 e. The van der Waals surface area contributed by atoms with Crippen molar-refractivity contribution in [2.75, 3.05) is 26.2 Å². The quantitative estimate of drug-likeness (QED) is 0.729. The number of hydrogen-bond donors (Lipinski definition) is 3. The van der Waals surface area contributed by atoms with Gasteiger partial charge in [0.25, 0.3) is 0 Å². The maximum atomic E-state index is 9.47. The molecule has 24 heavy (non-hydrogen) atoms. The highest BCUT2D eigenvalue weighted by Gasteiger charge is 2.19. The number of likely N-dealkylation sites (tertiary alicyclic amines) is 1. The lowest BCUT2D eigenvalue weighted by Crippen LogP contribution is -2.40. The Hall–Kier alpha value is -1.69. The van der Waals surface area contributed by atoms with Crippen LogP contribution in [-0.4, -0.2) is 52.5 Å². The van der Waals surface area contributed by atoms with Crippen LogP contribution in [0.4, 0.5) is 0 Å². The number of rotatable bonds is 7. The molecule has 5 heteroatoms. The van der Waals surface area contributed by atoms with Crippen LogP contribution >= 0.6 is 0 Å². The summed E-state index contributed by atoms with van der Waals surface area (Å²) in [6.07, 6.45) is 4.10. The maximum absolute atomic E-state index is 9.47. The molecule has 2 heterocycles. The molecule has 1 aromatic heterocycles. The number of aliphatic hydroxyl groups excluding tert-OH is 1. The Morgan fingerprint density at radius 2 is 2.04 bits per heavy atom. The van der Waals surface area contributed by atoms with Crippen molar-refractivity contribution in [1.82, 2.24) is 20.4 Å². The highest BCUT2D eigenvalue weighted by Crippen LogP contribution is 2.21. The van der Waals surface area contributed by atoms with Gasteiger partial charge in [-0.2, -0.15) is 5.10 Å². The van der Waals surface area contributed by atoms with Crippen molar-refractivity contribution < 1.29 is 5.11 Å². The first-order valence-corrected chi connectivity index (χ1v) is 8.91. The zero-order valence-corrected chi connectivity index (χ0v) is 14.4. The lowest BCUT2D eigenvalue weighted by atomic mass is 9.96. The van der Waals surface area contributed by atoms with Crippen molar-refractivity contribution in [1.29, 1.82) is 0 Å². The molecule has 1 saturated heterocycles. The third-order valence-corrected chi connectivity index (χ3v) is 4.76. The number of piperidine rings is 1. The van der Waals surface area contributed by atoms with E-state index in [-0.39, 0.29) is 6.10 Å². The first-order chi connectivity index (χ1) is 11.7. The monoisotopic (exact) mass is 328 g/mol. The average Bonchev–Trinajstić information content (AvgIpc) is 3.05. The van der Waals surface area contributed by atoms with Crippen molar-refractivity contribution in [3.05, 3.63) is 42.1 Å². The van der Waals surface area contributed by atoms with E-state index in [2.05, 4.69) is 44.7 Å². The molecule has 1 aliphatic heterocycles. The first-order valence-electron chi connectivity index (χ1n) is 8.91. The molecular weight excluding hydrogens is 300 g/mol. The maximum Gasteiger partial charge on any atom is 0.0695 e. The molecule has 1 aromatic carbocycles. The molecule has 1 fully saturated rings. The molecule has 3 N–H and O–H groups in total. The van der Waals surface area contributed by atoms with Gasteiger partial charge in [-0.05, 0) is 50.9 Å². The Bertz CT molecular complexity index is 603. The van der Waals surface area contributed by atoms with Gasteiger partial charge in [0, 0.05) is 18.7 Å². The number of aromatic nitrogens is 2. The van der Waals surface area contributed by atoms with Gasteiger partial charge in [-0.3, -0.25) is 5.10 Å². The molecule has 3 rings (SSSR count). The van der Waals surface area contributed by atoms with Gasteiger partial charge in [-0.25, -0.2) is 0 Å². The predicted octanol–water partition coefficient (Wildman–Crippen LogP) is 2.26. The van der Waals surface area contributed by atoms with Gasteiger partial charge in [0.2, 0.25) is 0 Å². The summed E-state index contributed by atoms with van der Waals surface area (Å²) in [5.74, 6) is 0.724. The molecule has 5 nitrogen and oxygen atoms in total. The van der Waals surface area contributed by atoms with E-state index in [9.17, 15) is 5.11 Å². The average molecular weight is 328 g/mol. The molecule has 2 aromatic rings. The normalized spacial score (nSPS) is 17.9. The van der Waals surface area contributed by atoms with Crippen molar-refractivity contribution in [2.45, 2.75) is 32.4 Å². The Labute approximate surface area is 144 Å². The van der Waals surface area contributed by atoms with Crippen LogP contribution in [0.5, 0.6) is 0 Å². The summed E-state index contributed by atoms with van der Waals surface area (Å²) < 4.78 is 0. The minimum Gasteiger partial charge on any atom is -0.392 e. The summed E-state index contributed by atoms with van der Waals surface area (Å²) in [6, 6.07) is 10.3. The third-order valence-electron chi connectivity index (χ3n) is 4.76. The van der Waals surface area contributed by atoms with Gasteiger partial charge in [-0.1, -0.05) is 30.3 Å². The van der Waals surface area contributed by atoms with Crippen LogP contribution in [0.2, 0.25) is 0 Å². The molecule has 0 aliphatic carbocycles. The number of aromatic amines is 1. The van der Waals surface area contributed by atoms with Gasteiger partial charge in [0.15, 0.2) is 0 Å². The minimum absolute atomic E-state index is 0.225. The minimum atomic E-state index is -0.225. The molecule has 0 bridgehead atoms. The van der Waals surface area contributed by atoms with Crippen LogP contribution in [-0.2, 0) is 6.54 Å². The van der Waals surface area contributed by atoms with E-state index in [0.717, 1.165) is 44.3 Å². The highest BCUT2D eigenvalue weighted by molar-refractivity contribution is 5.62. The smallest absolute Gasteiger partial charge is 0.0695 e. The number of β-amino-alcohol motifs (C(OH)–C–C–N with tert-alkyl or cyclic N) is 1. The molecule has 130 valence electrons. The second-order valence-corrected chi connectivity index (χ2v) is 6.86. The van der Waals surface area contributed by atoms with Crippen molar-refractivity contribution >= 4 is 0 Å². The SMILES string of the molecule is C[C@@H](O)CN1CCC(CNCc2cn[nH]c2-c2ccccc2)CC1. The molecule has 0 unspecified atom stereocenters. The van der Waals surface area contributed by atoms with E-state index in [1.807, 2.05) is 19.2 Å². The zero-order chi connectivity index (χ0) is 16.8. The van der Waals surface area contributed by atoms with Gasteiger partial charge in [0.1, 0.15) is 0 Å². The molecule has 0 spiro atoms. The van der Waals surface area contributed by atoms with Gasteiger partial charge in [0.05, 0.1) is 18.0 Å². The molecule has 0 saturated carbocycles. The van der Waals surface area contributed by atoms with Gasteiger partial charge in [-0.15, -0.1) is 0 Å². The second kappa shape index (κ2) is 8.42. The fraction of sp³-hybridized carbons (Fsp3) is 0.526. The fourth-order valence-electron chi connectivity index (χ4n) is 3.46. The van der Waals surface area contributed by atoms with Gasteiger partial charge < -0.3 is 15.3 Å². The van der Waals surface area contributed by atoms with Crippen LogP contribution in [0.3, 0.4) is 0 Å². The predicted molar refractivity (Wildman–Crippen MR) is 96.6 cm³/mol. The topological polar surface area (TPSA) is 64.2 Å². The molecule has 1 aliphatic rings. The number of H-pyrrole nitrogens is 1. The number of nitrogens with zero attached hydrogens (tertiary/aromatic N) is 2. The van der Waals surface area contributed by atoms with E-state index >= 15 is 0 Å². The number of benzene rings is 1. The van der Waals surface area contributed by atoms with Crippen LogP contribution in [0, 0.1) is 5.92 Å². The van der Waals surface area contributed by atoms with Crippen molar-refractivity contribution in [3.8, 4) is 11.3 Å². The lowest BCUT2D eigenvalue weighted by Gasteiger charge is -2.32. The summed E-state index contributed by atoms with van der Waals surface area (Å²) in [7, 11) is 0. The Kier molecular flexibility index (Phi) is 6.01. The van der Waals surface area contributed by atoms with E-state index in [4.69, 9.17) is 0 Å². The summed E-state index contributed by atoms with van der Waals surface area (Å²) in [4.78, 5) is 2.37. The van der Waals surface area contributed by atoms with E-state index in [1.165, 1.54) is 24.0 Å². The molecule has 0 amide bonds. The summed E-state index contributed by atoms with van der Waals surface area (Å²) >= 11 is 0. The number of nitrogens with one attached hydrogen (secondary N) is 2. The standard InChI is InChI=1S/C19H28N4O/c1-15(24)14-23-9-7-16(8-10-23)11-20-12-18-13-21-22-19(18)17-5-3-2-4-6-17/h2-6,13,15-16,20,24H,7-12,14H2,1H3,(H,21,22)/t15-/m1/s1. The third kappa shape index (κ3) is 4.66. The lowest BCUT2D eigenvalue weighted by molar-refractivity contribution is 0.0998. The van der Waals surface area contributed by atoms with E-state index in [0.29, 0.717) is 0 Å². The zero-order valence-electron chi connectivity index (χ0n) is 14.4.